The number of halogens is 3. The number of aliphatic hydroxyl groups excluding tert-OH is 1. The summed E-state index contributed by atoms with van der Waals surface area (Å²) in [7, 11) is 1.00. The quantitative estimate of drug-likeness (QED) is 0.491. The van der Waals surface area contributed by atoms with E-state index in [1.807, 2.05) is 0 Å². The van der Waals surface area contributed by atoms with Crippen molar-refractivity contribution in [2.24, 2.45) is 0 Å². The van der Waals surface area contributed by atoms with Crippen LogP contribution in [-0.2, 0) is 19.5 Å². The molecule has 5 heteroatoms. The van der Waals surface area contributed by atoms with E-state index >= 15 is 0 Å². The number of hydrogen-bond acceptors (Lipinski definition) is 1. The fourth-order valence-electron chi connectivity index (χ4n) is 0. The summed E-state index contributed by atoms with van der Waals surface area (Å²) in [6, 6.07) is 0. The summed E-state index contributed by atoms with van der Waals surface area (Å²) in [5, 5.41) is 7.00. The molecule has 0 saturated heterocycles. The summed E-state index contributed by atoms with van der Waals surface area (Å²) >= 11 is -4.83. The van der Waals surface area contributed by atoms with Crippen molar-refractivity contribution in [3.8, 4) is 0 Å². The summed E-state index contributed by atoms with van der Waals surface area (Å²) in [6.45, 7) is 0. The molecule has 0 spiro atoms. The molecule has 0 aromatic rings. The summed E-state index contributed by atoms with van der Waals surface area (Å²) < 4.78 is 29.5. The standard InChI is InChI=1S/CH4O.3FH.Ti/c1-2;;;;/h2H,1H3;3*1H;/q;;;;+3/p-3. The molecule has 0 aromatic heterocycles. The molecule has 0 heterocycles. The second-order valence-corrected chi connectivity index (χ2v) is 0.884. The minimum atomic E-state index is -4.83. The van der Waals surface area contributed by atoms with Gasteiger partial charge in [-0.2, -0.15) is 0 Å². The molecule has 1 nitrogen and oxygen atoms in total. The Hall–Kier alpha value is 0.464. The van der Waals surface area contributed by atoms with Gasteiger partial charge in [-0.3, -0.25) is 0 Å². The van der Waals surface area contributed by atoms with Crippen LogP contribution >= 0.6 is 0 Å². The van der Waals surface area contributed by atoms with Crippen LogP contribution in [0.3, 0.4) is 0 Å². The third-order valence-corrected chi connectivity index (χ3v) is 0. The van der Waals surface area contributed by atoms with Crippen molar-refractivity contribution in [2.45, 2.75) is 0 Å². The summed E-state index contributed by atoms with van der Waals surface area (Å²) in [5.41, 5.74) is 0. The van der Waals surface area contributed by atoms with Gasteiger partial charge in [0.05, 0.1) is 0 Å². The van der Waals surface area contributed by atoms with Gasteiger partial charge in [-0.25, -0.2) is 0 Å². The SMILES string of the molecule is CO.[F][Ti]([F])[F]. The van der Waals surface area contributed by atoms with Gasteiger partial charge in [0.25, 0.3) is 0 Å². The minimum absolute atomic E-state index is 1.00. The van der Waals surface area contributed by atoms with E-state index in [4.69, 9.17) is 5.11 Å². The first-order valence-electron chi connectivity index (χ1n) is 1.01. The van der Waals surface area contributed by atoms with Gasteiger partial charge in [0.2, 0.25) is 0 Å². The van der Waals surface area contributed by atoms with Gasteiger partial charge in [-0.15, -0.1) is 0 Å². The monoisotopic (exact) mass is 137 g/mol. The zero-order chi connectivity index (χ0) is 5.58. The molecule has 0 aromatic carbocycles. The first kappa shape index (κ1) is 9.68. The van der Waals surface area contributed by atoms with Gasteiger partial charge in [-0.1, -0.05) is 0 Å². The average Bonchev–Trinajstić information content (AvgIpc) is 1.41. The number of aliphatic hydroxyl groups is 1. The van der Waals surface area contributed by atoms with Crippen molar-refractivity contribution in [3.63, 3.8) is 0 Å². The van der Waals surface area contributed by atoms with E-state index < -0.39 is 19.5 Å². The van der Waals surface area contributed by atoms with Crippen LogP contribution in [0.1, 0.15) is 0 Å². The molecule has 0 aliphatic heterocycles. The Kier molecular flexibility index (Phi) is 14.6. The Morgan fingerprint density at radius 2 is 1.17 bits per heavy atom. The molecule has 6 heavy (non-hydrogen) atoms. The fourth-order valence-corrected chi connectivity index (χ4v) is 0. The predicted octanol–water partition coefficient (Wildman–Crippen LogP) is 0.867. The Labute approximate surface area is 41.6 Å². The molecule has 39 valence electrons. The van der Waals surface area contributed by atoms with Gasteiger partial charge in [0.1, 0.15) is 0 Å². The molecule has 0 amide bonds. The Morgan fingerprint density at radius 3 is 1.17 bits per heavy atom. The summed E-state index contributed by atoms with van der Waals surface area (Å²) in [6.07, 6.45) is 0. The second-order valence-electron chi connectivity index (χ2n) is 0.214. The van der Waals surface area contributed by atoms with Gasteiger partial charge in [0, 0.05) is 7.11 Å². The first-order chi connectivity index (χ1) is 2.73. The van der Waals surface area contributed by atoms with Crippen molar-refractivity contribution >= 4 is 0 Å². The Balaban J connectivity index is 0. The maximum atomic E-state index is 9.83. The third-order valence-electron chi connectivity index (χ3n) is 0. The van der Waals surface area contributed by atoms with E-state index in [1.165, 1.54) is 0 Å². The molecule has 0 atom stereocenters. The number of rotatable bonds is 0. The molecule has 1 N–H and O–H groups in total. The van der Waals surface area contributed by atoms with Crippen LogP contribution in [0, 0.1) is 0 Å². The summed E-state index contributed by atoms with van der Waals surface area (Å²) in [4.78, 5) is 0. The van der Waals surface area contributed by atoms with Gasteiger partial charge in [0.15, 0.2) is 0 Å². The molecule has 0 unspecified atom stereocenters. The Morgan fingerprint density at radius 1 is 1.17 bits per heavy atom. The van der Waals surface area contributed by atoms with Crippen molar-refractivity contribution in [3.05, 3.63) is 0 Å². The molecule has 0 radical (unpaired) electrons. The predicted molar refractivity (Wildman–Crippen MR) is 11.5 cm³/mol. The van der Waals surface area contributed by atoms with Gasteiger partial charge >= 0.3 is 28.8 Å². The van der Waals surface area contributed by atoms with Gasteiger partial charge in [-0.05, 0) is 0 Å². The first-order valence-corrected chi connectivity index (χ1v) is 2.78. The Bertz CT molecular complexity index is 15.5. The normalized spacial score (nSPS) is 5.50. The van der Waals surface area contributed by atoms with Crippen molar-refractivity contribution in [1.29, 1.82) is 0 Å². The van der Waals surface area contributed by atoms with Crippen LogP contribution in [0.5, 0.6) is 0 Å². The van der Waals surface area contributed by atoms with Crippen LogP contribution in [0.4, 0.5) is 9.28 Å². The molecule has 0 saturated carbocycles. The van der Waals surface area contributed by atoms with Crippen LogP contribution in [0.25, 0.3) is 0 Å². The molecule has 0 bridgehead atoms. The van der Waals surface area contributed by atoms with Gasteiger partial charge < -0.3 is 5.11 Å². The van der Waals surface area contributed by atoms with Crippen LogP contribution in [0.2, 0.25) is 0 Å². The fraction of sp³-hybridized carbons (Fsp3) is 1.00. The van der Waals surface area contributed by atoms with Crippen molar-refractivity contribution in [1.82, 2.24) is 0 Å². The van der Waals surface area contributed by atoms with E-state index in [0.29, 0.717) is 0 Å². The third kappa shape index (κ3) is 249. The van der Waals surface area contributed by atoms with E-state index in [2.05, 4.69) is 0 Å². The topological polar surface area (TPSA) is 20.2 Å². The van der Waals surface area contributed by atoms with Crippen LogP contribution in [0.15, 0.2) is 0 Å². The van der Waals surface area contributed by atoms with E-state index in [-0.39, 0.29) is 0 Å². The van der Waals surface area contributed by atoms with Crippen molar-refractivity contribution < 1.29 is 33.9 Å². The summed E-state index contributed by atoms with van der Waals surface area (Å²) in [5.74, 6) is 0. The molecule has 0 aliphatic rings. The maximum absolute atomic E-state index is 9.83. The van der Waals surface area contributed by atoms with E-state index in [9.17, 15) is 9.28 Å². The zero-order valence-corrected chi connectivity index (χ0v) is 4.64. The van der Waals surface area contributed by atoms with Crippen LogP contribution in [-0.4, -0.2) is 12.2 Å². The van der Waals surface area contributed by atoms with Crippen LogP contribution < -0.4 is 0 Å². The molecular formula is CH4F3OTi. The average molecular weight is 137 g/mol. The molecule has 0 aliphatic carbocycles. The molecule has 0 fully saturated rings. The van der Waals surface area contributed by atoms with Crippen molar-refractivity contribution in [2.75, 3.05) is 7.11 Å². The second kappa shape index (κ2) is 9.07. The molecular weight excluding hydrogens is 133 g/mol. The van der Waals surface area contributed by atoms with E-state index in [0.717, 1.165) is 7.11 Å². The number of hydrogen-bond donors (Lipinski definition) is 1. The zero-order valence-electron chi connectivity index (χ0n) is 3.08. The van der Waals surface area contributed by atoms with E-state index in [1.54, 1.807) is 0 Å². The molecule has 0 rings (SSSR count).